The number of carbonyl (C=O) groups is 1. The van der Waals surface area contributed by atoms with Crippen LogP contribution in [0.5, 0.6) is 0 Å². The van der Waals surface area contributed by atoms with Crippen LogP contribution in [-0.4, -0.2) is 11.7 Å². The fourth-order valence-electron chi connectivity index (χ4n) is 2.19. The minimum Gasteiger partial charge on any atom is -0.443 e. The molecule has 0 saturated heterocycles. The van der Waals surface area contributed by atoms with Crippen LogP contribution in [0.25, 0.3) is 0 Å². The second-order valence-corrected chi connectivity index (χ2v) is 7.15. The van der Waals surface area contributed by atoms with Crippen LogP contribution in [0.4, 0.5) is 4.79 Å². The third-order valence-electron chi connectivity index (χ3n) is 3.31. The predicted octanol–water partition coefficient (Wildman–Crippen LogP) is 4.50. The van der Waals surface area contributed by atoms with Crippen molar-refractivity contribution in [1.82, 2.24) is 0 Å². The van der Waals surface area contributed by atoms with Crippen molar-refractivity contribution in [3.63, 3.8) is 0 Å². The summed E-state index contributed by atoms with van der Waals surface area (Å²) in [7, 11) is 0. The van der Waals surface area contributed by atoms with Gasteiger partial charge in [-0.1, -0.05) is 22.9 Å². The zero-order chi connectivity index (χ0) is 14.6. The van der Waals surface area contributed by atoms with Gasteiger partial charge in [-0.2, -0.15) is 0 Å². The van der Waals surface area contributed by atoms with Crippen molar-refractivity contribution >= 4 is 44.6 Å². The van der Waals surface area contributed by atoms with Crippen molar-refractivity contribution in [3.05, 3.63) is 31.8 Å². The van der Waals surface area contributed by atoms with Crippen LogP contribution in [0.2, 0.25) is 0 Å². The Labute approximate surface area is 136 Å². The first-order valence-electron chi connectivity index (χ1n) is 6.18. The Morgan fingerprint density at radius 3 is 2.68 bits per heavy atom. The lowest BCUT2D eigenvalue weighted by Crippen LogP contribution is -2.39. The van der Waals surface area contributed by atoms with Crippen LogP contribution in [0.3, 0.4) is 0 Å². The van der Waals surface area contributed by atoms with Gasteiger partial charge in [-0.05, 0) is 73.0 Å². The number of halogens is 2. The molecule has 0 aliphatic rings. The maximum absolute atomic E-state index is 11.0. The van der Waals surface area contributed by atoms with Gasteiger partial charge in [-0.15, -0.1) is 0 Å². The summed E-state index contributed by atoms with van der Waals surface area (Å²) in [5.41, 5.74) is 5.84. The molecule has 0 radical (unpaired) electrons. The fraction of sp³-hybridized carbons (Fsp3) is 0.500. The monoisotopic (exact) mass is 439 g/mol. The van der Waals surface area contributed by atoms with Gasteiger partial charge in [0, 0.05) is 14.0 Å². The minimum absolute atomic E-state index is 0.225. The second kappa shape index (κ2) is 6.92. The molecule has 0 saturated carbocycles. The Bertz CT molecular complexity index is 463. The standard InChI is InChI=1S/C14H19BrINO2/c1-4-10(14(2,3)19-13(17)18)7-9-8-11(15)5-6-12(9)16/h5-6,8,10H,4,7H2,1-3H3,(H2,17,18). The lowest BCUT2D eigenvalue weighted by atomic mass is 9.83. The number of nitrogens with two attached hydrogens (primary N) is 1. The largest absolute Gasteiger partial charge is 0.443 e. The maximum atomic E-state index is 11.0. The first-order valence-corrected chi connectivity index (χ1v) is 8.05. The van der Waals surface area contributed by atoms with Gasteiger partial charge < -0.3 is 10.5 Å². The average Bonchev–Trinajstić information content (AvgIpc) is 2.28. The Morgan fingerprint density at radius 2 is 2.16 bits per heavy atom. The van der Waals surface area contributed by atoms with Gasteiger partial charge in [-0.3, -0.25) is 0 Å². The maximum Gasteiger partial charge on any atom is 0.405 e. The van der Waals surface area contributed by atoms with Crippen LogP contribution >= 0.6 is 38.5 Å². The molecule has 0 heterocycles. The van der Waals surface area contributed by atoms with E-state index in [0.29, 0.717) is 0 Å². The third-order valence-corrected chi connectivity index (χ3v) is 4.86. The Morgan fingerprint density at radius 1 is 1.53 bits per heavy atom. The predicted molar refractivity (Wildman–Crippen MR) is 89.1 cm³/mol. The lowest BCUT2D eigenvalue weighted by molar-refractivity contribution is -0.00278. The van der Waals surface area contributed by atoms with E-state index in [2.05, 4.69) is 57.6 Å². The molecule has 0 aromatic heterocycles. The zero-order valence-corrected chi connectivity index (χ0v) is 15.1. The SMILES string of the molecule is CCC(Cc1cc(Br)ccc1I)C(C)(C)OC(N)=O. The average molecular weight is 440 g/mol. The fourth-order valence-corrected chi connectivity index (χ4v) is 3.15. The molecule has 1 aromatic carbocycles. The van der Waals surface area contributed by atoms with E-state index in [9.17, 15) is 4.79 Å². The Balaban J connectivity index is 2.93. The summed E-state index contributed by atoms with van der Waals surface area (Å²) in [5.74, 6) is 0.225. The molecule has 106 valence electrons. The van der Waals surface area contributed by atoms with E-state index < -0.39 is 11.7 Å². The van der Waals surface area contributed by atoms with E-state index >= 15 is 0 Å². The molecule has 1 aromatic rings. The number of hydrogen-bond acceptors (Lipinski definition) is 2. The highest BCUT2D eigenvalue weighted by Crippen LogP contribution is 2.30. The molecule has 0 bridgehead atoms. The molecule has 1 rings (SSSR count). The second-order valence-electron chi connectivity index (χ2n) is 5.07. The first-order chi connectivity index (χ1) is 8.76. The molecule has 1 unspecified atom stereocenters. The van der Waals surface area contributed by atoms with Gasteiger partial charge in [0.1, 0.15) is 5.60 Å². The molecule has 1 amide bonds. The van der Waals surface area contributed by atoms with Gasteiger partial charge in [0.15, 0.2) is 0 Å². The highest BCUT2D eigenvalue weighted by atomic mass is 127. The molecule has 19 heavy (non-hydrogen) atoms. The molecular weight excluding hydrogens is 421 g/mol. The normalized spacial score (nSPS) is 13.1. The van der Waals surface area contributed by atoms with Gasteiger partial charge >= 0.3 is 6.09 Å². The summed E-state index contributed by atoms with van der Waals surface area (Å²) in [5, 5.41) is 0. The number of primary amides is 1. The highest BCUT2D eigenvalue weighted by molar-refractivity contribution is 14.1. The summed E-state index contributed by atoms with van der Waals surface area (Å²) in [6, 6.07) is 6.22. The molecular formula is C14H19BrINO2. The smallest absolute Gasteiger partial charge is 0.405 e. The molecule has 3 nitrogen and oxygen atoms in total. The van der Waals surface area contributed by atoms with Crippen LogP contribution in [-0.2, 0) is 11.2 Å². The molecule has 0 spiro atoms. The van der Waals surface area contributed by atoms with Gasteiger partial charge in [0.2, 0.25) is 0 Å². The quantitative estimate of drug-likeness (QED) is 0.687. The summed E-state index contributed by atoms with van der Waals surface area (Å²) in [6.45, 7) is 5.93. The number of carbonyl (C=O) groups excluding carboxylic acids is 1. The summed E-state index contributed by atoms with van der Waals surface area (Å²) in [6.07, 6.45) is 1.06. The van der Waals surface area contributed by atoms with Gasteiger partial charge in [-0.25, -0.2) is 4.79 Å². The zero-order valence-electron chi connectivity index (χ0n) is 11.4. The van der Waals surface area contributed by atoms with E-state index in [4.69, 9.17) is 10.5 Å². The van der Waals surface area contributed by atoms with Crippen molar-refractivity contribution in [2.75, 3.05) is 0 Å². The summed E-state index contributed by atoms with van der Waals surface area (Å²) >= 11 is 5.82. The van der Waals surface area contributed by atoms with E-state index in [1.807, 2.05) is 19.9 Å². The highest BCUT2D eigenvalue weighted by Gasteiger charge is 2.32. The van der Waals surface area contributed by atoms with Crippen LogP contribution < -0.4 is 5.73 Å². The third kappa shape index (κ3) is 4.95. The van der Waals surface area contributed by atoms with Crippen molar-refractivity contribution in [1.29, 1.82) is 0 Å². The van der Waals surface area contributed by atoms with E-state index in [0.717, 1.165) is 17.3 Å². The van der Waals surface area contributed by atoms with Crippen molar-refractivity contribution < 1.29 is 9.53 Å². The minimum atomic E-state index is -0.715. The van der Waals surface area contributed by atoms with E-state index in [1.165, 1.54) is 9.13 Å². The molecule has 0 fully saturated rings. The molecule has 0 aliphatic carbocycles. The Hall–Kier alpha value is -0.300. The summed E-state index contributed by atoms with van der Waals surface area (Å²) in [4.78, 5) is 11.0. The van der Waals surface area contributed by atoms with Crippen LogP contribution in [0.15, 0.2) is 22.7 Å². The van der Waals surface area contributed by atoms with Gasteiger partial charge in [0.25, 0.3) is 0 Å². The molecule has 1 atom stereocenters. The van der Waals surface area contributed by atoms with Gasteiger partial charge in [0.05, 0.1) is 0 Å². The van der Waals surface area contributed by atoms with E-state index in [-0.39, 0.29) is 5.92 Å². The van der Waals surface area contributed by atoms with Crippen molar-refractivity contribution in [3.8, 4) is 0 Å². The van der Waals surface area contributed by atoms with Crippen molar-refractivity contribution in [2.45, 2.75) is 39.2 Å². The number of benzene rings is 1. The molecule has 2 N–H and O–H groups in total. The Kier molecular flexibility index (Phi) is 6.11. The number of ether oxygens (including phenoxy) is 1. The topological polar surface area (TPSA) is 52.3 Å². The number of amides is 1. The van der Waals surface area contributed by atoms with Crippen LogP contribution in [0.1, 0.15) is 32.8 Å². The molecule has 5 heteroatoms. The first kappa shape index (κ1) is 16.8. The lowest BCUT2D eigenvalue weighted by Gasteiger charge is -2.33. The number of rotatable bonds is 5. The molecule has 0 aliphatic heterocycles. The van der Waals surface area contributed by atoms with Crippen LogP contribution in [0, 0.1) is 9.49 Å². The van der Waals surface area contributed by atoms with E-state index in [1.54, 1.807) is 0 Å². The van der Waals surface area contributed by atoms with Crippen molar-refractivity contribution in [2.24, 2.45) is 11.7 Å². The summed E-state index contributed by atoms with van der Waals surface area (Å²) < 4.78 is 7.54. The number of hydrogen-bond donors (Lipinski definition) is 1.